The number of aryl methyl sites for hydroxylation is 2. The lowest BCUT2D eigenvalue weighted by molar-refractivity contribution is -0.672. The van der Waals surface area contributed by atoms with E-state index in [9.17, 15) is 10.4 Å². The first-order valence-electron chi connectivity index (χ1n) is 8.88. The van der Waals surface area contributed by atoms with Crippen LogP contribution in [0.5, 0.6) is 0 Å². The number of nitrogens with zero attached hydrogens (tertiary/aromatic N) is 4. The number of piperidine rings is 1. The summed E-state index contributed by atoms with van der Waals surface area (Å²) in [4.78, 5) is 3.00. The average molecular weight is 329 g/mol. The first-order chi connectivity index (χ1) is 11.7. The Labute approximate surface area is 141 Å². The third-order valence-electron chi connectivity index (χ3n) is 5.18. The first kappa shape index (κ1) is 15.4. The summed E-state index contributed by atoms with van der Waals surface area (Å²) in [5.74, 6) is 0.0902. The van der Waals surface area contributed by atoms with Gasteiger partial charge >= 0.3 is 11.5 Å². The maximum Gasteiger partial charge on any atom is 0.461 e. The summed E-state index contributed by atoms with van der Waals surface area (Å²) in [5.41, 5.74) is 2.99. The van der Waals surface area contributed by atoms with E-state index in [0.29, 0.717) is 22.4 Å². The molecule has 1 aliphatic heterocycles. The minimum absolute atomic E-state index is 0.0902. The summed E-state index contributed by atoms with van der Waals surface area (Å²) in [5, 5.41) is 31.9. The summed E-state index contributed by atoms with van der Waals surface area (Å²) in [7, 11) is 0. The zero-order valence-corrected chi connectivity index (χ0v) is 13.8. The second-order valence-electron chi connectivity index (χ2n) is 6.74. The van der Waals surface area contributed by atoms with E-state index in [-0.39, 0.29) is 5.95 Å². The highest BCUT2D eigenvalue weighted by Gasteiger charge is 2.27. The van der Waals surface area contributed by atoms with Crippen molar-refractivity contribution in [3.63, 3.8) is 0 Å². The van der Waals surface area contributed by atoms with Gasteiger partial charge < -0.3 is 15.3 Å². The van der Waals surface area contributed by atoms with Crippen molar-refractivity contribution in [1.82, 2.24) is 10.00 Å². The second-order valence-corrected chi connectivity index (χ2v) is 6.74. The summed E-state index contributed by atoms with van der Waals surface area (Å²) >= 11 is 0. The van der Waals surface area contributed by atoms with Crippen LogP contribution in [0.2, 0.25) is 0 Å². The third-order valence-corrected chi connectivity index (χ3v) is 5.18. The highest BCUT2D eigenvalue weighted by Crippen LogP contribution is 2.26. The molecule has 0 unspecified atom stereocenters. The Morgan fingerprint density at radius 1 is 1.08 bits per heavy atom. The molecule has 2 heterocycles. The monoisotopic (exact) mass is 329 g/mol. The maximum absolute atomic E-state index is 12.6. The molecule has 0 saturated carbocycles. The normalized spacial score (nSPS) is 18.0. The SMILES string of the molecule is [O-][n+]1nc(NCCN2CCCCC2)[n+]([O-])c2ccc3c(c21)CCC3. The fourth-order valence-corrected chi connectivity index (χ4v) is 3.92. The van der Waals surface area contributed by atoms with Gasteiger partial charge in [-0.1, -0.05) is 12.5 Å². The number of hydrogen-bond donors (Lipinski definition) is 1. The van der Waals surface area contributed by atoms with Crippen molar-refractivity contribution in [2.24, 2.45) is 0 Å². The predicted octanol–water partition coefficient (Wildman–Crippen LogP) is 0.888. The third kappa shape index (κ3) is 2.73. The molecule has 1 fully saturated rings. The van der Waals surface area contributed by atoms with Crippen molar-refractivity contribution < 1.29 is 9.58 Å². The molecule has 1 aromatic heterocycles. The van der Waals surface area contributed by atoms with Crippen molar-refractivity contribution in [3.05, 3.63) is 33.7 Å². The smallest absolute Gasteiger partial charge is 0.461 e. The molecule has 1 aliphatic carbocycles. The van der Waals surface area contributed by atoms with Gasteiger partial charge in [-0.25, -0.2) is 4.73 Å². The number of hydrogen-bond acceptors (Lipinski definition) is 5. The van der Waals surface area contributed by atoms with Crippen LogP contribution in [0.25, 0.3) is 11.0 Å². The molecule has 0 spiro atoms. The number of rotatable bonds is 4. The van der Waals surface area contributed by atoms with Gasteiger partial charge in [-0.15, -0.1) is 0 Å². The lowest BCUT2D eigenvalue weighted by atomic mass is 10.1. The molecule has 7 heteroatoms. The van der Waals surface area contributed by atoms with Crippen LogP contribution in [0.15, 0.2) is 12.1 Å². The Morgan fingerprint density at radius 3 is 2.75 bits per heavy atom. The van der Waals surface area contributed by atoms with E-state index in [1.807, 2.05) is 6.07 Å². The quantitative estimate of drug-likeness (QED) is 0.665. The lowest BCUT2D eigenvalue weighted by Crippen LogP contribution is -2.45. The van der Waals surface area contributed by atoms with Crippen LogP contribution in [0.1, 0.15) is 36.8 Å². The van der Waals surface area contributed by atoms with Crippen LogP contribution in [0.4, 0.5) is 5.95 Å². The Hall–Kier alpha value is -2.15. The second kappa shape index (κ2) is 6.39. The number of nitrogens with one attached hydrogen (secondary N) is 1. The molecule has 2 aliphatic rings. The van der Waals surface area contributed by atoms with Crippen LogP contribution in [-0.2, 0) is 12.8 Å². The van der Waals surface area contributed by atoms with Crippen molar-refractivity contribution >= 4 is 17.0 Å². The molecule has 0 radical (unpaired) electrons. The van der Waals surface area contributed by atoms with Gasteiger partial charge in [0.2, 0.25) is 5.10 Å². The molecular formula is C17H23N5O2. The van der Waals surface area contributed by atoms with Crippen LogP contribution in [0, 0.1) is 10.4 Å². The average Bonchev–Trinajstić information content (AvgIpc) is 3.08. The summed E-state index contributed by atoms with van der Waals surface area (Å²) in [6, 6.07) is 3.72. The van der Waals surface area contributed by atoms with Crippen molar-refractivity contribution in [2.45, 2.75) is 38.5 Å². The van der Waals surface area contributed by atoms with E-state index in [1.54, 1.807) is 6.07 Å². The summed E-state index contributed by atoms with van der Waals surface area (Å²) < 4.78 is 0.762. The standard InChI is InChI=1S/C17H23N5O2/c23-21-15-8-7-13-5-4-6-14(13)16(15)22(24)19-17(21)18-9-12-20-10-2-1-3-11-20/h7-8H,1-6,9-12H2,(H,18,19). The van der Waals surface area contributed by atoms with Crippen molar-refractivity contribution in [3.8, 4) is 0 Å². The largest absolute Gasteiger partial charge is 0.739 e. The number of anilines is 1. The Kier molecular flexibility index (Phi) is 4.10. The fraction of sp³-hybridized carbons (Fsp3) is 0.588. The van der Waals surface area contributed by atoms with Gasteiger partial charge in [-0.05, 0) is 56.8 Å². The number of benzene rings is 1. The summed E-state index contributed by atoms with van der Waals surface area (Å²) in [6.45, 7) is 3.70. The van der Waals surface area contributed by atoms with E-state index in [1.165, 1.54) is 24.8 Å². The van der Waals surface area contributed by atoms with E-state index in [4.69, 9.17) is 0 Å². The van der Waals surface area contributed by atoms with E-state index < -0.39 is 0 Å². The molecule has 7 nitrogen and oxygen atoms in total. The Bertz CT molecular complexity index is 758. The number of aromatic nitrogens is 3. The van der Waals surface area contributed by atoms with Gasteiger partial charge in [0.1, 0.15) is 0 Å². The zero-order chi connectivity index (χ0) is 16.5. The van der Waals surface area contributed by atoms with Crippen LogP contribution in [-0.4, -0.2) is 36.2 Å². The van der Waals surface area contributed by atoms with Gasteiger partial charge in [-0.2, -0.15) is 0 Å². The minimum Gasteiger partial charge on any atom is -0.739 e. The van der Waals surface area contributed by atoms with Gasteiger partial charge in [0.15, 0.2) is 5.52 Å². The van der Waals surface area contributed by atoms with Crippen LogP contribution in [0.3, 0.4) is 0 Å². The molecule has 2 aromatic rings. The Morgan fingerprint density at radius 2 is 1.92 bits per heavy atom. The predicted molar refractivity (Wildman–Crippen MR) is 90.5 cm³/mol. The van der Waals surface area contributed by atoms with Crippen molar-refractivity contribution in [1.29, 1.82) is 0 Å². The molecule has 1 N–H and O–H groups in total. The van der Waals surface area contributed by atoms with E-state index >= 15 is 0 Å². The highest BCUT2D eigenvalue weighted by molar-refractivity contribution is 5.74. The number of likely N-dealkylation sites (tertiary alicyclic amines) is 1. The van der Waals surface area contributed by atoms with Gasteiger partial charge in [-0.3, -0.25) is 5.32 Å². The summed E-state index contributed by atoms with van der Waals surface area (Å²) in [6.07, 6.45) is 6.63. The van der Waals surface area contributed by atoms with Crippen molar-refractivity contribution in [2.75, 3.05) is 31.5 Å². The molecule has 4 rings (SSSR count). The van der Waals surface area contributed by atoms with Gasteiger partial charge in [0.05, 0.1) is 6.54 Å². The first-order valence-corrected chi connectivity index (χ1v) is 8.88. The minimum atomic E-state index is 0.0902. The van der Waals surface area contributed by atoms with E-state index in [2.05, 4.69) is 15.3 Å². The molecular weight excluding hydrogens is 306 g/mol. The Balaban J connectivity index is 1.55. The van der Waals surface area contributed by atoms with Crippen LogP contribution >= 0.6 is 0 Å². The highest BCUT2D eigenvalue weighted by atomic mass is 16.5. The maximum atomic E-state index is 12.6. The van der Waals surface area contributed by atoms with Crippen LogP contribution < -0.4 is 14.9 Å². The topological polar surface area (TPSA) is 82.0 Å². The van der Waals surface area contributed by atoms with E-state index in [0.717, 1.165) is 49.2 Å². The fourth-order valence-electron chi connectivity index (χ4n) is 3.92. The molecule has 0 amide bonds. The van der Waals surface area contributed by atoms with Gasteiger partial charge in [0, 0.05) is 17.0 Å². The number of fused-ring (bicyclic) bond motifs is 3. The molecule has 1 aromatic carbocycles. The zero-order valence-electron chi connectivity index (χ0n) is 13.8. The lowest BCUT2D eigenvalue weighted by Gasteiger charge is -2.25. The molecule has 1 saturated heterocycles. The molecule has 24 heavy (non-hydrogen) atoms. The molecule has 0 bridgehead atoms. The van der Waals surface area contributed by atoms with Gasteiger partial charge in [0.25, 0.3) is 0 Å². The molecule has 128 valence electrons. The molecule has 0 atom stereocenters.